The van der Waals surface area contributed by atoms with E-state index in [0.717, 1.165) is 46.2 Å². The first-order valence-corrected chi connectivity index (χ1v) is 9.26. The number of rotatable bonds is 8. The molecule has 0 bridgehead atoms. The summed E-state index contributed by atoms with van der Waals surface area (Å²) >= 11 is 1.87. The molecule has 6 heteroatoms. The minimum Gasteiger partial charge on any atom is -0.493 e. The molecular formula is C18H22N4OS. The van der Waals surface area contributed by atoms with Crippen LogP contribution >= 0.6 is 11.8 Å². The van der Waals surface area contributed by atoms with Gasteiger partial charge in [-0.3, -0.25) is 0 Å². The minimum atomic E-state index is 0.646. The fourth-order valence-electron chi connectivity index (χ4n) is 2.47. The van der Waals surface area contributed by atoms with Gasteiger partial charge in [-0.1, -0.05) is 12.1 Å². The Morgan fingerprint density at radius 1 is 1.29 bits per heavy atom. The van der Waals surface area contributed by atoms with E-state index in [1.165, 1.54) is 5.69 Å². The summed E-state index contributed by atoms with van der Waals surface area (Å²) in [5.41, 5.74) is 3.22. The SMILES string of the molecule is CCOc1cc(NCCSCc2[nH]cnc2C)nc2ccccc12. The van der Waals surface area contributed by atoms with Crippen molar-refractivity contribution in [1.29, 1.82) is 0 Å². The van der Waals surface area contributed by atoms with Crippen LogP contribution in [0.25, 0.3) is 10.9 Å². The van der Waals surface area contributed by atoms with Crippen LogP contribution in [-0.2, 0) is 5.75 Å². The number of pyridine rings is 1. The molecule has 0 aliphatic heterocycles. The van der Waals surface area contributed by atoms with Gasteiger partial charge < -0.3 is 15.0 Å². The molecule has 0 unspecified atom stereocenters. The van der Waals surface area contributed by atoms with Crippen molar-refractivity contribution in [2.24, 2.45) is 0 Å². The third-order valence-electron chi connectivity index (χ3n) is 3.71. The van der Waals surface area contributed by atoms with Gasteiger partial charge in [-0.15, -0.1) is 0 Å². The third-order valence-corrected chi connectivity index (χ3v) is 4.70. The summed E-state index contributed by atoms with van der Waals surface area (Å²) in [5, 5.41) is 4.44. The van der Waals surface area contributed by atoms with Crippen LogP contribution in [0.15, 0.2) is 36.7 Å². The van der Waals surface area contributed by atoms with Crippen molar-refractivity contribution in [2.45, 2.75) is 19.6 Å². The third kappa shape index (κ3) is 4.00. The van der Waals surface area contributed by atoms with Crippen LogP contribution in [0.1, 0.15) is 18.3 Å². The highest BCUT2D eigenvalue weighted by Gasteiger charge is 2.06. The number of thioether (sulfide) groups is 1. The molecule has 1 aromatic carbocycles. The first kappa shape index (κ1) is 16.6. The number of hydrogen-bond donors (Lipinski definition) is 2. The zero-order valence-electron chi connectivity index (χ0n) is 14.0. The van der Waals surface area contributed by atoms with Gasteiger partial charge >= 0.3 is 0 Å². The van der Waals surface area contributed by atoms with Crippen molar-refractivity contribution in [2.75, 3.05) is 24.2 Å². The molecule has 3 aromatic rings. The van der Waals surface area contributed by atoms with Crippen LogP contribution in [0.3, 0.4) is 0 Å². The summed E-state index contributed by atoms with van der Waals surface area (Å²) in [5.74, 6) is 3.68. The standard InChI is InChI=1S/C18H22N4OS/c1-3-23-17-10-18(22-15-7-5-4-6-14(15)17)19-8-9-24-11-16-13(2)20-12-21-16/h4-7,10,12H,3,8-9,11H2,1-2H3,(H,19,22)(H,20,21). The molecule has 0 saturated heterocycles. The first-order chi connectivity index (χ1) is 11.8. The second-order valence-corrected chi connectivity index (χ2v) is 6.51. The number of aromatic nitrogens is 3. The predicted octanol–water partition coefficient (Wildman–Crippen LogP) is 4.01. The fourth-order valence-corrected chi connectivity index (χ4v) is 3.36. The molecule has 2 heterocycles. The number of nitrogens with zero attached hydrogens (tertiary/aromatic N) is 2. The topological polar surface area (TPSA) is 62.8 Å². The molecule has 0 spiro atoms. The molecule has 0 radical (unpaired) electrons. The monoisotopic (exact) mass is 342 g/mol. The maximum atomic E-state index is 5.75. The lowest BCUT2D eigenvalue weighted by molar-refractivity contribution is 0.344. The van der Waals surface area contributed by atoms with Crippen molar-refractivity contribution in [1.82, 2.24) is 15.0 Å². The zero-order valence-corrected chi connectivity index (χ0v) is 14.8. The molecule has 126 valence electrons. The predicted molar refractivity (Wildman–Crippen MR) is 101 cm³/mol. The van der Waals surface area contributed by atoms with E-state index in [9.17, 15) is 0 Å². The Morgan fingerprint density at radius 2 is 2.17 bits per heavy atom. The Labute approximate surface area is 146 Å². The lowest BCUT2D eigenvalue weighted by Gasteiger charge is -2.11. The average molecular weight is 342 g/mol. The lowest BCUT2D eigenvalue weighted by Crippen LogP contribution is -2.07. The van der Waals surface area contributed by atoms with E-state index in [1.54, 1.807) is 6.33 Å². The second-order valence-electron chi connectivity index (χ2n) is 5.40. The highest BCUT2D eigenvalue weighted by atomic mass is 32.2. The number of hydrogen-bond acceptors (Lipinski definition) is 5. The number of benzene rings is 1. The number of H-pyrrole nitrogens is 1. The number of nitrogens with one attached hydrogen (secondary N) is 2. The van der Waals surface area contributed by atoms with Crippen molar-refractivity contribution < 1.29 is 4.74 Å². The van der Waals surface area contributed by atoms with Gasteiger partial charge in [0, 0.05) is 35.2 Å². The summed E-state index contributed by atoms with van der Waals surface area (Å²) in [6, 6.07) is 10.0. The molecule has 5 nitrogen and oxygen atoms in total. The van der Waals surface area contributed by atoms with E-state index < -0.39 is 0 Å². The molecule has 2 aromatic heterocycles. The van der Waals surface area contributed by atoms with Gasteiger partial charge in [-0.2, -0.15) is 11.8 Å². The van der Waals surface area contributed by atoms with Crippen molar-refractivity contribution in [3.63, 3.8) is 0 Å². The molecule has 24 heavy (non-hydrogen) atoms. The largest absolute Gasteiger partial charge is 0.493 e. The smallest absolute Gasteiger partial charge is 0.132 e. The molecule has 0 aliphatic rings. The maximum absolute atomic E-state index is 5.75. The van der Waals surface area contributed by atoms with E-state index in [0.29, 0.717) is 6.61 Å². The molecule has 0 saturated carbocycles. The van der Waals surface area contributed by atoms with Gasteiger partial charge in [0.2, 0.25) is 0 Å². The summed E-state index contributed by atoms with van der Waals surface area (Å²) in [4.78, 5) is 12.0. The van der Waals surface area contributed by atoms with Crippen LogP contribution < -0.4 is 10.1 Å². The lowest BCUT2D eigenvalue weighted by atomic mass is 10.2. The number of para-hydroxylation sites is 1. The highest BCUT2D eigenvalue weighted by Crippen LogP contribution is 2.27. The average Bonchev–Trinajstić information content (AvgIpc) is 3.00. The Balaban J connectivity index is 1.57. The van der Waals surface area contributed by atoms with Gasteiger partial charge in [0.05, 0.1) is 24.1 Å². The van der Waals surface area contributed by atoms with Gasteiger partial charge in [0.15, 0.2) is 0 Å². The van der Waals surface area contributed by atoms with E-state index in [1.807, 2.05) is 55.9 Å². The normalized spacial score (nSPS) is 10.9. The van der Waals surface area contributed by atoms with Gasteiger partial charge in [-0.05, 0) is 26.0 Å². The summed E-state index contributed by atoms with van der Waals surface area (Å²) in [7, 11) is 0. The minimum absolute atomic E-state index is 0.646. The number of aromatic amines is 1. The second kappa shape index (κ2) is 8.06. The Hall–Kier alpha value is -2.21. The number of aryl methyl sites for hydroxylation is 1. The summed E-state index contributed by atoms with van der Waals surface area (Å²) in [6.45, 7) is 5.52. The summed E-state index contributed by atoms with van der Waals surface area (Å²) in [6.07, 6.45) is 1.75. The number of anilines is 1. The number of ether oxygens (including phenoxy) is 1. The molecule has 0 aliphatic carbocycles. The van der Waals surface area contributed by atoms with Crippen LogP contribution in [0.4, 0.5) is 5.82 Å². The number of fused-ring (bicyclic) bond motifs is 1. The van der Waals surface area contributed by atoms with E-state index in [4.69, 9.17) is 4.74 Å². The Bertz CT molecular complexity index is 803. The highest BCUT2D eigenvalue weighted by molar-refractivity contribution is 7.98. The van der Waals surface area contributed by atoms with Crippen LogP contribution in [0.5, 0.6) is 5.75 Å². The Kier molecular flexibility index (Phi) is 5.59. The number of imidazole rings is 1. The van der Waals surface area contributed by atoms with Gasteiger partial charge in [-0.25, -0.2) is 9.97 Å². The van der Waals surface area contributed by atoms with E-state index >= 15 is 0 Å². The molecular weight excluding hydrogens is 320 g/mol. The zero-order chi connectivity index (χ0) is 16.8. The quantitative estimate of drug-likeness (QED) is 0.606. The van der Waals surface area contributed by atoms with Crippen LogP contribution in [-0.4, -0.2) is 33.9 Å². The molecule has 3 rings (SSSR count). The summed E-state index contributed by atoms with van der Waals surface area (Å²) < 4.78 is 5.75. The van der Waals surface area contributed by atoms with E-state index in [2.05, 4.69) is 20.3 Å². The van der Waals surface area contributed by atoms with E-state index in [-0.39, 0.29) is 0 Å². The van der Waals surface area contributed by atoms with Crippen molar-refractivity contribution in [3.8, 4) is 5.75 Å². The van der Waals surface area contributed by atoms with Gasteiger partial charge in [0.1, 0.15) is 11.6 Å². The fraction of sp³-hybridized carbons (Fsp3) is 0.333. The first-order valence-electron chi connectivity index (χ1n) is 8.11. The van der Waals surface area contributed by atoms with Crippen LogP contribution in [0, 0.1) is 6.92 Å². The molecule has 0 amide bonds. The molecule has 0 atom stereocenters. The van der Waals surface area contributed by atoms with Crippen LogP contribution in [0.2, 0.25) is 0 Å². The van der Waals surface area contributed by atoms with Crippen molar-refractivity contribution >= 4 is 28.5 Å². The van der Waals surface area contributed by atoms with Crippen molar-refractivity contribution in [3.05, 3.63) is 48.0 Å². The molecule has 2 N–H and O–H groups in total. The molecule has 0 fully saturated rings. The Morgan fingerprint density at radius 3 is 2.96 bits per heavy atom. The maximum Gasteiger partial charge on any atom is 0.132 e. The van der Waals surface area contributed by atoms with Gasteiger partial charge in [0.25, 0.3) is 0 Å².